The third kappa shape index (κ3) is 6.90. The third-order valence-corrected chi connectivity index (χ3v) is 6.43. The second kappa shape index (κ2) is 11.8. The van der Waals surface area contributed by atoms with Crippen molar-refractivity contribution in [1.82, 2.24) is 10.3 Å². The number of carbonyl (C=O) groups is 1. The third-order valence-electron chi connectivity index (χ3n) is 6.43. The Morgan fingerprint density at radius 3 is 2.68 bits per heavy atom. The first-order valence-electron chi connectivity index (χ1n) is 12.1. The van der Waals surface area contributed by atoms with Gasteiger partial charge in [0.15, 0.2) is 0 Å². The number of halogens is 1. The Morgan fingerprint density at radius 2 is 1.85 bits per heavy atom. The number of aromatic nitrogens is 1. The molecule has 0 saturated heterocycles. The smallest absolute Gasteiger partial charge is 0.320 e. The Morgan fingerprint density at radius 1 is 1.06 bits per heavy atom. The highest BCUT2D eigenvalue weighted by molar-refractivity contribution is 5.88. The maximum Gasteiger partial charge on any atom is 0.320 e. The van der Waals surface area contributed by atoms with E-state index >= 15 is 0 Å². The van der Waals surface area contributed by atoms with Crippen LogP contribution in [0.2, 0.25) is 0 Å². The van der Waals surface area contributed by atoms with Crippen molar-refractivity contribution in [2.45, 2.75) is 51.0 Å². The molecule has 6 nitrogen and oxygen atoms in total. The number of rotatable bonds is 9. The predicted molar refractivity (Wildman–Crippen MR) is 132 cm³/mol. The molecule has 1 fully saturated rings. The first kappa shape index (κ1) is 24.0. The summed E-state index contributed by atoms with van der Waals surface area (Å²) in [4.78, 5) is 16.6. The fourth-order valence-electron chi connectivity index (χ4n) is 4.66. The summed E-state index contributed by atoms with van der Waals surface area (Å²) >= 11 is 0. The molecule has 0 atom stereocenters. The highest BCUT2D eigenvalue weighted by atomic mass is 19.1. The number of nitrogens with zero attached hydrogens (tertiary/aromatic N) is 1. The van der Waals surface area contributed by atoms with Crippen LogP contribution in [0.3, 0.4) is 0 Å². The fourth-order valence-corrected chi connectivity index (χ4v) is 4.66. The quantitative estimate of drug-likeness (QED) is 0.392. The van der Waals surface area contributed by atoms with Crippen LogP contribution < -0.4 is 15.4 Å². The number of hydrogen-bond acceptors (Lipinski definition) is 4. The normalized spacial score (nSPS) is 17.9. The molecule has 180 valence electrons. The van der Waals surface area contributed by atoms with Gasteiger partial charge in [-0.3, -0.25) is 5.32 Å². The minimum Gasteiger partial charge on any atom is -0.475 e. The average molecular weight is 466 g/mol. The van der Waals surface area contributed by atoms with Gasteiger partial charge in [0.05, 0.1) is 6.61 Å². The number of urea groups is 1. The molecule has 0 aliphatic heterocycles. The first-order valence-corrected chi connectivity index (χ1v) is 12.1. The minimum atomic E-state index is -0.258. The molecule has 7 heteroatoms. The number of nitrogens with one attached hydrogen (secondary N) is 2. The second-order valence-corrected chi connectivity index (χ2v) is 8.97. The Balaban J connectivity index is 1.16. The van der Waals surface area contributed by atoms with Crippen LogP contribution in [0, 0.1) is 11.7 Å². The highest BCUT2D eigenvalue weighted by Gasteiger charge is 2.22. The van der Waals surface area contributed by atoms with Crippen LogP contribution >= 0.6 is 0 Å². The Kier molecular flexibility index (Phi) is 8.31. The number of benzene rings is 2. The number of pyridine rings is 1. The molecule has 1 heterocycles. The Labute approximate surface area is 199 Å². The van der Waals surface area contributed by atoms with Gasteiger partial charge in [0.25, 0.3) is 0 Å². The molecular formula is C27H32FN3O3. The lowest BCUT2D eigenvalue weighted by Crippen LogP contribution is -2.40. The lowest BCUT2D eigenvalue weighted by molar-refractivity contribution is 0.197. The number of aryl methyl sites for hydroxylation is 1. The minimum absolute atomic E-state index is 0.0890. The van der Waals surface area contributed by atoms with E-state index in [1.54, 1.807) is 24.3 Å². The molecule has 1 aliphatic carbocycles. The summed E-state index contributed by atoms with van der Waals surface area (Å²) in [5.41, 5.74) is 1.30. The zero-order valence-electron chi connectivity index (χ0n) is 19.3. The summed E-state index contributed by atoms with van der Waals surface area (Å²) in [5.74, 6) is 1.28. The highest BCUT2D eigenvalue weighted by Crippen LogP contribution is 2.29. The van der Waals surface area contributed by atoms with Crippen molar-refractivity contribution in [2.24, 2.45) is 5.92 Å². The SMILES string of the molecule is O=C(Nc1cccc(OCCO)n1)NC1CCC(CCCc2ccc3cc(F)ccc3c2)CC1. The summed E-state index contributed by atoms with van der Waals surface area (Å²) < 4.78 is 18.6. The van der Waals surface area contributed by atoms with Crippen LogP contribution in [0.5, 0.6) is 5.88 Å². The van der Waals surface area contributed by atoms with E-state index in [4.69, 9.17) is 9.84 Å². The summed E-state index contributed by atoms with van der Waals surface area (Å²) in [6, 6.07) is 16.3. The zero-order valence-corrected chi connectivity index (χ0v) is 19.3. The Hall–Kier alpha value is -3.19. The number of hydrogen-bond donors (Lipinski definition) is 3. The second-order valence-electron chi connectivity index (χ2n) is 8.97. The summed E-state index contributed by atoms with van der Waals surface area (Å²) in [6.45, 7) is 0.0730. The van der Waals surface area contributed by atoms with E-state index in [0.717, 1.165) is 49.3 Å². The topological polar surface area (TPSA) is 83.5 Å². The Bertz CT molecular complexity index is 1100. The number of amides is 2. The lowest BCUT2D eigenvalue weighted by atomic mass is 9.83. The maximum atomic E-state index is 13.4. The van der Waals surface area contributed by atoms with Crippen molar-refractivity contribution in [3.63, 3.8) is 0 Å². The average Bonchev–Trinajstić information content (AvgIpc) is 2.84. The number of aliphatic hydroxyl groups excluding tert-OH is 1. The van der Waals surface area contributed by atoms with Gasteiger partial charge >= 0.3 is 6.03 Å². The zero-order chi connectivity index (χ0) is 23.8. The number of carbonyl (C=O) groups excluding carboxylic acids is 1. The van der Waals surface area contributed by atoms with Gasteiger partial charge in [0.1, 0.15) is 18.2 Å². The fraction of sp³-hybridized carbons (Fsp3) is 0.407. The number of fused-ring (bicyclic) bond motifs is 1. The van der Waals surface area contributed by atoms with E-state index in [1.165, 1.54) is 18.1 Å². The molecule has 3 aromatic rings. The molecule has 3 N–H and O–H groups in total. The van der Waals surface area contributed by atoms with Gasteiger partial charge in [-0.1, -0.05) is 36.8 Å². The van der Waals surface area contributed by atoms with Crippen LogP contribution in [0.25, 0.3) is 10.8 Å². The van der Waals surface area contributed by atoms with Crippen molar-refractivity contribution in [1.29, 1.82) is 0 Å². The van der Waals surface area contributed by atoms with Gasteiger partial charge < -0.3 is 15.2 Å². The van der Waals surface area contributed by atoms with E-state index in [-0.39, 0.29) is 31.1 Å². The molecule has 0 spiro atoms. The van der Waals surface area contributed by atoms with Crippen molar-refractivity contribution in [3.8, 4) is 5.88 Å². The van der Waals surface area contributed by atoms with Gasteiger partial charge in [0, 0.05) is 12.1 Å². The number of anilines is 1. The molecule has 4 rings (SSSR count). The molecular weight excluding hydrogens is 433 g/mol. The van der Waals surface area contributed by atoms with Crippen LogP contribution in [0.1, 0.15) is 44.1 Å². The standard InChI is InChI=1S/C27H32FN3O3/c28-23-12-11-21-17-20(7-10-22(21)18-23)4-1-3-19-8-13-24(14-9-19)29-27(33)31-25-5-2-6-26(30-25)34-16-15-32/h2,5-7,10-12,17-19,24,32H,1,3-4,8-9,13-16H2,(H2,29,30,31,33). The van der Waals surface area contributed by atoms with E-state index in [1.807, 2.05) is 12.1 Å². The molecule has 2 aromatic carbocycles. The van der Waals surface area contributed by atoms with Gasteiger partial charge in [-0.05, 0) is 79.0 Å². The van der Waals surface area contributed by atoms with Gasteiger partial charge in [-0.2, -0.15) is 4.98 Å². The molecule has 34 heavy (non-hydrogen) atoms. The van der Waals surface area contributed by atoms with Crippen LogP contribution in [0.4, 0.5) is 15.0 Å². The monoisotopic (exact) mass is 465 g/mol. The molecule has 1 saturated carbocycles. The van der Waals surface area contributed by atoms with Gasteiger partial charge in [-0.15, -0.1) is 0 Å². The van der Waals surface area contributed by atoms with E-state index in [0.29, 0.717) is 17.6 Å². The van der Waals surface area contributed by atoms with E-state index in [2.05, 4.69) is 27.8 Å². The van der Waals surface area contributed by atoms with Crippen molar-refractivity contribution in [2.75, 3.05) is 18.5 Å². The van der Waals surface area contributed by atoms with Crippen molar-refractivity contribution >= 4 is 22.6 Å². The van der Waals surface area contributed by atoms with Crippen LogP contribution in [-0.2, 0) is 6.42 Å². The molecule has 0 unspecified atom stereocenters. The van der Waals surface area contributed by atoms with Crippen molar-refractivity contribution in [3.05, 3.63) is 66.0 Å². The number of ether oxygens (including phenoxy) is 1. The first-order chi connectivity index (χ1) is 16.6. The van der Waals surface area contributed by atoms with Crippen LogP contribution in [-0.4, -0.2) is 35.4 Å². The molecule has 1 aliphatic rings. The largest absolute Gasteiger partial charge is 0.475 e. The number of aliphatic hydroxyl groups is 1. The summed E-state index contributed by atoms with van der Waals surface area (Å²) in [7, 11) is 0. The van der Waals surface area contributed by atoms with E-state index < -0.39 is 0 Å². The molecule has 0 radical (unpaired) electrons. The van der Waals surface area contributed by atoms with Gasteiger partial charge in [0.2, 0.25) is 5.88 Å². The van der Waals surface area contributed by atoms with E-state index in [9.17, 15) is 9.18 Å². The van der Waals surface area contributed by atoms with Crippen LogP contribution in [0.15, 0.2) is 54.6 Å². The molecule has 2 amide bonds. The molecule has 1 aromatic heterocycles. The predicted octanol–water partition coefficient (Wildman–Crippen LogP) is 5.45. The molecule has 0 bridgehead atoms. The van der Waals surface area contributed by atoms with Crippen molar-refractivity contribution < 1.29 is 19.0 Å². The van der Waals surface area contributed by atoms with Gasteiger partial charge in [-0.25, -0.2) is 9.18 Å². The summed E-state index contributed by atoms with van der Waals surface area (Å²) in [6.07, 6.45) is 7.54. The lowest BCUT2D eigenvalue weighted by Gasteiger charge is -2.29. The maximum absolute atomic E-state index is 13.4. The summed E-state index contributed by atoms with van der Waals surface area (Å²) in [5, 5.41) is 16.7.